The van der Waals surface area contributed by atoms with E-state index in [4.69, 9.17) is 9.26 Å². The summed E-state index contributed by atoms with van der Waals surface area (Å²) in [5, 5.41) is 3.86. The average Bonchev–Trinajstić information content (AvgIpc) is 3.11. The third-order valence-electron chi connectivity index (χ3n) is 4.60. The Labute approximate surface area is 170 Å². The lowest BCUT2D eigenvalue weighted by molar-refractivity contribution is -0.121. The highest BCUT2D eigenvalue weighted by atomic mass is 16.5. The van der Waals surface area contributed by atoms with Gasteiger partial charge in [-0.15, -0.1) is 0 Å². The third-order valence-corrected chi connectivity index (χ3v) is 4.60. The lowest BCUT2D eigenvalue weighted by Gasteiger charge is -2.23. The summed E-state index contributed by atoms with van der Waals surface area (Å²) in [6.45, 7) is 5.51. The standard InChI is InChI=1S/C23H24N2O4/c1-4-20-22(17(3)29-24-20)23(27)28-15-21(26)25(14-18-10-6-5-7-11-18)19-12-8-9-16(2)13-19/h5-13H,4,14-15H2,1-3H3. The van der Waals surface area contributed by atoms with Crippen molar-refractivity contribution in [2.75, 3.05) is 11.5 Å². The maximum atomic E-state index is 13.0. The van der Waals surface area contributed by atoms with Gasteiger partial charge in [-0.05, 0) is 43.5 Å². The summed E-state index contributed by atoms with van der Waals surface area (Å²) in [6.07, 6.45) is 0.541. The number of esters is 1. The van der Waals surface area contributed by atoms with Gasteiger partial charge in [-0.3, -0.25) is 4.79 Å². The van der Waals surface area contributed by atoms with Crippen molar-refractivity contribution in [2.45, 2.75) is 33.7 Å². The number of anilines is 1. The lowest BCUT2D eigenvalue weighted by Crippen LogP contribution is -2.34. The average molecular weight is 392 g/mol. The fraction of sp³-hybridized carbons (Fsp3) is 0.261. The molecule has 6 nitrogen and oxygen atoms in total. The van der Waals surface area contributed by atoms with Gasteiger partial charge in [0.1, 0.15) is 11.3 Å². The second-order valence-electron chi connectivity index (χ2n) is 6.79. The van der Waals surface area contributed by atoms with Gasteiger partial charge in [0.05, 0.1) is 12.2 Å². The number of nitrogens with zero attached hydrogens (tertiary/aromatic N) is 2. The zero-order chi connectivity index (χ0) is 20.8. The molecule has 1 aromatic heterocycles. The maximum Gasteiger partial charge on any atom is 0.344 e. The van der Waals surface area contributed by atoms with Crippen LogP contribution >= 0.6 is 0 Å². The number of amides is 1. The van der Waals surface area contributed by atoms with E-state index in [-0.39, 0.29) is 12.5 Å². The summed E-state index contributed by atoms with van der Waals surface area (Å²) < 4.78 is 10.4. The van der Waals surface area contributed by atoms with Gasteiger partial charge in [0.25, 0.3) is 5.91 Å². The smallest absolute Gasteiger partial charge is 0.344 e. The van der Waals surface area contributed by atoms with Crippen molar-refractivity contribution in [3.05, 3.63) is 82.7 Å². The van der Waals surface area contributed by atoms with Gasteiger partial charge in [-0.25, -0.2) is 4.79 Å². The number of aryl methyl sites for hydroxylation is 3. The van der Waals surface area contributed by atoms with Crippen LogP contribution in [-0.2, 0) is 22.5 Å². The molecule has 3 aromatic rings. The summed E-state index contributed by atoms with van der Waals surface area (Å²) in [5.41, 5.74) is 3.60. The molecule has 0 aliphatic heterocycles. The summed E-state index contributed by atoms with van der Waals surface area (Å²) in [4.78, 5) is 27.1. The number of carbonyl (C=O) groups excluding carboxylic acids is 2. The van der Waals surface area contributed by atoms with E-state index in [1.807, 2.05) is 68.4 Å². The maximum absolute atomic E-state index is 13.0. The molecule has 1 amide bonds. The highest BCUT2D eigenvalue weighted by Crippen LogP contribution is 2.20. The van der Waals surface area contributed by atoms with E-state index in [2.05, 4.69) is 5.16 Å². The molecular formula is C23H24N2O4. The van der Waals surface area contributed by atoms with Crippen molar-refractivity contribution < 1.29 is 18.8 Å². The van der Waals surface area contributed by atoms with Crippen LogP contribution in [0.2, 0.25) is 0 Å². The monoisotopic (exact) mass is 392 g/mol. The van der Waals surface area contributed by atoms with Crippen LogP contribution in [-0.4, -0.2) is 23.6 Å². The normalized spacial score (nSPS) is 10.6. The zero-order valence-electron chi connectivity index (χ0n) is 16.8. The van der Waals surface area contributed by atoms with Crippen molar-refractivity contribution >= 4 is 17.6 Å². The van der Waals surface area contributed by atoms with Crippen molar-refractivity contribution in [3.63, 3.8) is 0 Å². The van der Waals surface area contributed by atoms with Crippen LogP contribution in [0.25, 0.3) is 0 Å². The Hall–Kier alpha value is -3.41. The van der Waals surface area contributed by atoms with Gasteiger partial charge in [0.2, 0.25) is 0 Å². The molecule has 0 unspecified atom stereocenters. The number of benzene rings is 2. The molecule has 0 aliphatic carbocycles. The van der Waals surface area contributed by atoms with E-state index in [1.54, 1.807) is 11.8 Å². The van der Waals surface area contributed by atoms with Crippen molar-refractivity contribution in [3.8, 4) is 0 Å². The Bertz CT molecular complexity index is 995. The quantitative estimate of drug-likeness (QED) is 0.562. The van der Waals surface area contributed by atoms with Crippen LogP contribution in [0, 0.1) is 13.8 Å². The number of hydrogen-bond acceptors (Lipinski definition) is 5. The predicted molar refractivity (Wildman–Crippen MR) is 110 cm³/mol. The molecule has 0 spiro atoms. The molecule has 150 valence electrons. The first kappa shape index (κ1) is 20.3. The molecule has 6 heteroatoms. The SMILES string of the molecule is CCc1noc(C)c1C(=O)OCC(=O)N(Cc1ccccc1)c1cccc(C)c1. The first-order chi connectivity index (χ1) is 14.0. The molecule has 0 fully saturated rings. The van der Waals surface area contributed by atoms with Gasteiger partial charge in [-0.1, -0.05) is 54.5 Å². The molecule has 3 rings (SSSR count). The topological polar surface area (TPSA) is 72.6 Å². The van der Waals surface area contributed by atoms with E-state index in [0.29, 0.717) is 30.0 Å². The largest absolute Gasteiger partial charge is 0.452 e. The number of aromatic nitrogens is 1. The van der Waals surface area contributed by atoms with Crippen molar-refractivity contribution in [1.29, 1.82) is 0 Å². The Morgan fingerprint density at radius 1 is 1.07 bits per heavy atom. The minimum atomic E-state index is -0.599. The minimum Gasteiger partial charge on any atom is -0.452 e. The van der Waals surface area contributed by atoms with Crippen LogP contribution in [0.1, 0.15) is 39.9 Å². The molecule has 29 heavy (non-hydrogen) atoms. The molecule has 0 bridgehead atoms. The molecule has 0 saturated carbocycles. The molecule has 0 aliphatic rings. The zero-order valence-corrected chi connectivity index (χ0v) is 16.8. The summed E-state index contributed by atoms with van der Waals surface area (Å²) >= 11 is 0. The molecule has 0 atom stereocenters. The molecule has 0 N–H and O–H groups in total. The van der Waals surface area contributed by atoms with E-state index in [0.717, 1.165) is 16.8 Å². The second kappa shape index (κ2) is 9.19. The fourth-order valence-electron chi connectivity index (χ4n) is 3.08. The third kappa shape index (κ3) is 4.90. The highest BCUT2D eigenvalue weighted by molar-refractivity contribution is 5.97. The molecule has 2 aromatic carbocycles. The summed E-state index contributed by atoms with van der Waals surface area (Å²) in [5.74, 6) is -0.517. The number of hydrogen-bond donors (Lipinski definition) is 0. The first-order valence-electron chi connectivity index (χ1n) is 9.52. The molecular weight excluding hydrogens is 368 g/mol. The highest BCUT2D eigenvalue weighted by Gasteiger charge is 2.23. The fourth-order valence-corrected chi connectivity index (χ4v) is 3.08. The van der Waals surface area contributed by atoms with Gasteiger partial charge in [0, 0.05) is 5.69 Å². The molecule has 0 saturated heterocycles. The van der Waals surface area contributed by atoms with Crippen LogP contribution in [0.5, 0.6) is 0 Å². The number of rotatable bonds is 7. The number of ether oxygens (including phenoxy) is 1. The summed E-state index contributed by atoms with van der Waals surface area (Å²) in [6, 6.07) is 17.4. The molecule has 1 heterocycles. The van der Waals surface area contributed by atoms with Gasteiger partial charge >= 0.3 is 5.97 Å². The van der Waals surface area contributed by atoms with Gasteiger partial charge in [-0.2, -0.15) is 0 Å². The Morgan fingerprint density at radius 2 is 1.83 bits per heavy atom. The molecule has 0 radical (unpaired) electrons. The van der Waals surface area contributed by atoms with Crippen LogP contribution < -0.4 is 4.90 Å². The van der Waals surface area contributed by atoms with Crippen molar-refractivity contribution in [2.24, 2.45) is 0 Å². The van der Waals surface area contributed by atoms with E-state index in [9.17, 15) is 9.59 Å². The van der Waals surface area contributed by atoms with Crippen molar-refractivity contribution in [1.82, 2.24) is 5.16 Å². The van der Waals surface area contributed by atoms with Gasteiger partial charge in [0.15, 0.2) is 6.61 Å². The summed E-state index contributed by atoms with van der Waals surface area (Å²) in [7, 11) is 0. The predicted octanol–water partition coefficient (Wildman–Crippen LogP) is 4.24. The van der Waals surface area contributed by atoms with Crippen LogP contribution in [0.4, 0.5) is 5.69 Å². The Kier molecular flexibility index (Phi) is 6.44. The van der Waals surface area contributed by atoms with E-state index < -0.39 is 5.97 Å². The first-order valence-corrected chi connectivity index (χ1v) is 9.52. The second-order valence-corrected chi connectivity index (χ2v) is 6.79. The number of carbonyl (C=O) groups is 2. The van der Waals surface area contributed by atoms with E-state index >= 15 is 0 Å². The van der Waals surface area contributed by atoms with E-state index in [1.165, 1.54) is 0 Å². The minimum absolute atomic E-state index is 0.297. The Morgan fingerprint density at radius 3 is 2.52 bits per heavy atom. The van der Waals surface area contributed by atoms with Crippen LogP contribution in [0.15, 0.2) is 59.1 Å². The van der Waals surface area contributed by atoms with Crippen LogP contribution in [0.3, 0.4) is 0 Å². The van der Waals surface area contributed by atoms with Gasteiger partial charge < -0.3 is 14.2 Å². The Balaban J connectivity index is 1.77. The lowest BCUT2D eigenvalue weighted by atomic mass is 10.1.